The number of hydrogen-bond acceptors (Lipinski definition) is 5. The minimum Gasteiger partial charge on any atom is -0.390 e. The largest absolute Gasteiger partial charge is 0.390 e. The van der Waals surface area contributed by atoms with Crippen LogP contribution in [-0.2, 0) is 0 Å². The maximum atomic E-state index is 10.0. The summed E-state index contributed by atoms with van der Waals surface area (Å²) in [5.41, 5.74) is 6.03. The van der Waals surface area contributed by atoms with Gasteiger partial charge in [0.1, 0.15) is 6.10 Å². The molecule has 1 aliphatic heterocycles. The Morgan fingerprint density at radius 2 is 2.00 bits per heavy atom. The zero-order chi connectivity index (χ0) is 12.8. The van der Waals surface area contributed by atoms with Crippen molar-refractivity contribution in [1.29, 1.82) is 0 Å². The Hall–Kier alpha value is 0.770. The van der Waals surface area contributed by atoms with Crippen LogP contribution in [0.3, 0.4) is 0 Å². The number of nitrogens with zero attached hydrogens (tertiary/aromatic N) is 1. The molecular weight excluding hydrogens is 307 g/mol. The Morgan fingerprint density at radius 3 is 2.53 bits per heavy atom. The van der Waals surface area contributed by atoms with E-state index in [1.807, 2.05) is 11.8 Å². The zero-order valence-electron chi connectivity index (χ0n) is 11.7. The van der Waals surface area contributed by atoms with E-state index in [4.69, 9.17) is 5.73 Å². The minimum atomic E-state index is -0.836. The lowest BCUT2D eigenvalue weighted by molar-refractivity contribution is -0.0399. The molecule has 4 unspecified atom stereocenters. The molecule has 0 saturated carbocycles. The van der Waals surface area contributed by atoms with Gasteiger partial charge in [0.25, 0.3) is 0 Å². The molecular formula is C12H28Cl2N2O2S. The van der Waals surface area contributed by atoms with E-state index >= 15 is 0 Å². The van der Waals surface area contributed by atoms with Crippen molar-refractivity contribution in [3.63, 3.8) is 0 Å². The van der Waals surface area contributed by atoms with Gasteiger partial charge in [-0.05, 0) is 6.42 Å². The lowest BCUT2D eigenvalue weighted by Crippen LogP contribution is -2.57. The van der Waals surface area contributed by atoms with Crippen molar-refractivity contribution in [2.75, 3.05) is 18.8 Å². The van der Waals surface area contributed by atoms with Gasteiger partial charge in [-0.1, -0.05) is 26.7 Å². The van der Waals surface area contributed by atoms with Crippen LogP contribution < -0.4 is 5.73 Å². The molecule has 19 heavy (non-hydrogen) atoms. The maximum Gasteiger partial charge on any atom is 0.108 e. The summed E-state index contributed by atoms with van der Waals surface area (Å²) < 4.78 is 0. The second-order valence-corrected chi connectivity index (χ2v) is 6.41. The van der Waals surface area contributed by atoms with E-state index in [1.54, 1.807) is 0 Å². The third kappa shape index (κ3) is 7.37. The van der Waals surface area contributed by atoms with Gasteiger partial charge in [0, 0.05) is 24.1 Å². The van der Waals surface area contributed by atoms with Crippen LogP contribution in [0.15, 0.2) is 0 Å². The highest BCUT2D eigenvalue weighted by Gasteiger charge is 2.30. The molecule has 1 heterocycles. The highest BCUT2D eigenvalue weighted by molar-refractivity contribution is 7.99. The quantitative estimate of drug-likeness (QED) is 0.686. The van der Waals surface area contributed by atoms with Crippen molar-refractivity contribution in [1.82, 2.24) is 4.90 Å². The van der Waals surface area contributed by atoms with Crippen LogP contribution in [-0.4, -0.2) is 57.6 Å². The predicted molar refractivity (Wildman–Crippen MR) is 87.5 cm³/mol. The summed E-state index contributed by atoms with van der Waals surface area (Å²) in [5, 5.41) is 20.4. The second kappa shape index (κ2) is 11.4. The first-order valence-corrected chi connectivity index (χ1v) is 7.58. The van der Waals surface area contributed by atoms with Gasteiger partial charge in [0.15, 0.2) is 0 Å². The average molecular weight is 335 g/mol. The van der Waals surface area contributed by atoms with Crippen molar-refractivity contribution in [2.45, 2.75) is 56.7 Å². The molecule has 118 valence electrons. The first kappa shape index (κ1) is 22.1. The first-order valence-electron chi connectivity index (χ1n) is 6.53. The maximum absolute atomic E-state index is 10.0. The lowest BCUT2D eigenvalue weighted by atomic mass is 10.0. The van der Waals surface area contributed by atoms with Crippen LogP contribution in [0, 0.1) is 0 Å². The van der Waals surface area contributed by atoms with Gasteiger partial charge in [-0.2, -0.15) is 11.8 Å². The Kier molecular flexibility index (Phi) is 13.3. The van der Waals surface area contributed by atoms with E-state index in [9.17, 15) is 10.2 Å². The third-order valence-electron chi connectivity index (χ3n) is 3.29. The van der Waals surface area contributed by atoms with E-state index in [-0.39, 0.29) is 24.8 Å². The summed E-state index contributed by atoms with van der Waals surface area (Å²) in [6.45, 7) is 6.03. The molecule has 0 radical (unpaired) electrons. The van der Waals surface area contributed by atoms with Crippen LogP contribution in [0.25, 0.3) is 0 Å². The molecule has 4 nitrogen and oxygen atoms in total. The SMILES string of the molecule is CCCCC(O)C(O)C(N)N1CCSC(C)C1.Cl.Cl. The van der Waals surface area contributed by atoms with E-state index in [0.717, 1.165) is 31.7 Å². The van der Waals surface area contributed by atoms with Crippen LogP contribution >= 0.6 is 36.6 Å². The number of thioether (sulfide) groups is 1. The minimum absolute atomic E-state index is 0. The topological polar surface area (TPSA) is 69.7 Å². The highest BCUT2D eigenvalue weighted by atomic mass is 35.5. The molecule has 0 spiro atoms. The van der Waals surface area contributed by atoms with E-state index in [1.165, 1.54) is 0 Å². The molecule has 0 aromatic rings. The number of hydrogen-bond donors (Lipinski definition) is 3. The number of aliphatic hydroxyl groups is 2. The molecule has 0 amide bonds. The molecule has 0 aliphatic carbocycles. The molecule has 1 aliphatic rings. The van der Waals surface area contributed by atoms with Gasteiger partial charge in [-0.3, -0.25) is 4.90 Å². The van der Waals surface area contributed by atoms with Gasteiger partial charge in [0.05, 0.1) is 12.3 Å². The van der Waals surface area contributed by atoms with Gasteiger partial charge < -0.3 is 15.9 Å². The first-order chi connectivity index (χ1) is 8.06. The van der Waals surface area contributed by atoms with Gasteiger partial charge in [0.2, 0.25) is 0 Å². The van der Waals surface area contributed by atoms with Crippen LogP contribution in [0.1, 0.15) is 33.1 Å². The lowest BCUT2D eigenvalue weighted by Gasteiger charge is -2.38. The van der Waals surface area contributed by atoms with Crippen LogP contribution in [0.2, 0.25) is 0 Å². The number of rotatable bonds is 6. The fourth-order valence-electron chi connectivity index (χ4n) is 2.14. The number of aliphatic hydroxyl groups excluding tert-OH is 2. The average Bonchev–Trinajstić information content (AvgIpc) is 2.34. The molecule has 1 rings (SSSR count). The predicted octanol–water partition coefficient (Wildman–Crippen LogP) is 1.46. The van der Waals surface area contributed by atoms with Crippen molar-refractivity contribution in [2.24, 2.45) is 5.73 Å². The smallest absolute Gasteiger partial charge is 0.108 e. The number of halogens is 2. The molecule has 1 saturated heterocycles. The van der Waals surface area contributed by atoms with Crippen molar-refractivity contribution < 1.29 is 10.2 Å². The summed E-state index contributed by atoms with van der Waals surface area (Å²) in [4.78, 5) is 2.08. The summed E-state index contributed by atoms with van der Waals surface area (Å²) in [5.74, 6) is 1.05. The molecule has 0 aromatic heterocycles. The summed E-state index contributed by atoms with van der Waals surface area (Å²) in [7, 11) is 0. The standard InChI is InChI=1S/C12H26N2O2S.2ClH/c1-3-4-5-10(15)11(16)12(13)14-6-7-17-9(2)8-14;;/h9-12,15-16H,3-8,13H2,1-2H3;2*1H. The van der Waals surface area contributed by atoms with Gasteiger partial charge >= 0.3 is 0 Å². The van der Waals surface area contributed by atoms with E-state index in [2.05, 4.69) is 18.7 Å². The fourth-order valence-corrected chi connectivity index (χ4v) is 3.18. The molecule has 4 N–H and O–H groups in total. The molecule has 1 fully saturated rings. The molecule has 4 atom stereocenters. The highest BCUT2D eigenvalue weighted by Crippen LogP contribution is 2.20. The normalized spacial score (nSPS) is 24.8. The molecule has 0 bridgehead atoms. The summed E-state index contributed by atoms with van der Waals surface area (Å²) in [6, 6.07) is 0. The summed E-state index contributed by atoms with van der Waals surface area (Å²) in [6.07, 6.45) is 0.605. The Balaban J connectivity index is 0. The monoisotopic (exact) mass is 334 g/mol. The van der Waals surface area contributed by atoms with Gasteiger partial charge in [-0.15, -0.1) is 24.8 Å². The number of nitrogens with two attached hydrogens (primary N) is 1. The van der Waals surface area contributed by atoms with E-state index in [0.29, 0.717) is 11.7 Å². The fraction of sp³-hybridized carbons (Fsp3) is 1.00. The Morgan fingerprint density at radius 1 is 1.37 bits per heavy atom. The van der Waals surface area contributed by atoms with Crippen LogP contribution in [0.5, 0.6) is 0 Å². The van der Waals surface area contributed by atoms with Gasteiger partial charge in [-0.25, -0.2) is 0 Å². The van der Waals surface area contributed by atoms with Crippen LogP contribution in [0.4, 0.5) is 0 Å². The third-order valence-corrected chi connectivity index (χ3v) is 4.43. The molecule has 0 aromatic carbocycles. The Labute approximate surface area is 133 Å². The van der Waals surface area contributed by atoms with E-state index < -0.39 is 18.4 Å². The van der Waals surface area contributed by atoms with Crippen molar-refractivity contribution >= 4 is 36.6 Å². The second-order valence-electron chi connectivity index (χ2n) is 4.87. The summed E-state index contributed by atoms with van der Waals surface area (Å²) >= 11 is 1.93. The van der Waals surface area contributed by atoms with Crippen molar-refractivity contribution in [3.8, 4) is 0 Å². The number of unbranched alkanes of at least 4 members (excludes halogenated alkanes) is 1. The Bertz CT molecular complexity index is 228. The molecule has 7 heteroatoms. The zero-order valence-corrected chi connectivity index (χ0v) is 14.1. The van der Waals surface area contributed by atoms with Crippen molar-refractivity contribution in [3.05, 3.63) is 0 Å².